The predicted molar refractivity (Wildman–Crippen MR) is 88.6 cm³/mol. The van der Waals surface area contributed by atoms with E-state index in [1.165, 1.54) is 38.0 Å². The molecule has 1 atom stereocenters. The molecule has 1 N–H and O–H groups in total. The summed E-state index contributed by atoms with van der Waals surface area (Å²) in [7, 11) is 0. The zero-order valence-corrected chi connectivity index (χ0v) is 14.7. The first-order valence-corrected chi connectivity index (χ1v) is 8.73. The average molecular weight is 386 g/mol. The molecule has 0 saturated heterocycles. The van der Waals surface area contributed by atoms with Crippen LogP contribution in [0, 0.1) is 5.82 Å². The molecule has 1 amide bonds. The van der Waals surface area contributed by atoms with Gasteiger partial charge in [0.05, 0.1) is 5.56 Å². The predicted octanol–water partition coefficient (Wildman–Crippen LogP) is 3.97. The lowest BCUT2D eigenvalue weighted by Crippen LogP contribution is -2.41. The van der Waals surface area contributed by atoms with Crippen LogP contribution in [0.2, 0.25) is 0 Å². The normalized spacial score (nSPS) is 17.2. The van der Waals surface area contributed by atoms with E-state index >= 15 is 0 Å². The first kappa shape index (κ1) is 17.9. The summed E-state index contributed by atoms with van der Waals surface area (Å²) in [5, 5.41) is 2.92. The summed E-state index contributed by atoms with van der Waals surface area (Å²) >= 11 is 3.18. The van der Waals surface area contributed by atoms with Crippen molar-refractivity contribution in [2.75, 3.05) is 0 Å². The minimum absolute atomic E-state index is 0.133. The van der Waals surface area contributed by atoms with Crippen molar-refractivity contribution in [3.63, 3.8) is 0 Å². The smallest absolute Gasteiger partial charge is 0.341 e. The number of hydrogen-bond donors (Lipinski definition) is 1. The van der Waals surface area contributed by atoms with Crippen LogP contribution in [-0.2, 0) is 9.53 Å². The van der Waals surface area contributed by atoms with Crippen molar-refractivity contribution in [1.29, 1.82) is 0 Å². The van der Waals surface area contributed by atoms with Crippen LogP contribution < -0.4 is 5.32 Å². The van der Waals surface area contributed by atoms with Gasteiger partial charge in [-0.1, -0.05) is 41.6 Å². The quantitative estimate of drug-likeness (QED) is 0.629. The Labute approximate surface area is 143 Å². The first-order chi connectivity index (χ1) is 11.0. The fourth-order valence-corrected chi connectivity index (χ4v) is 3.03. The van der Waals surface area contributed by atoms with Gasteiger partial charge in [0, 0.05) is 10.5 Å². The monoisotopic (exact) mass is 385 g/mol. The van der Waals surface area contributed by atoms with Crippen molar-refractivity contribution in [2.24, 2.45) is 0 Å². The molecule has 0 heterocycles. The molecule has 0 aromatic heterocycles. The van der Waals surface area contributed by atoms with Gasteiger partial charge in [0.1, 0.15) is 5.82 Å². The van der Waals surface area contributed by atoms with Crippen molar-refractivity contribution < 1.29 is 18.7 Å². The van der Waals surface area contributed by atoms with Crippen molar-refractivity contribution in [3.05, 3.63) is 34.1 Å². The SMILES string of the molecule is C[C@H](OC(=O)c1cc(Br)ccc1F)C(=O)NC1CCCCCC1. The molecular weight excluding hydrogens is 365 g/mol. The Hall–Kier alpha value is -1.43. The Morgan fingerprint density at radius 3 is 2.57 bits per heavy atom. The molecule has 1 aromatic rings. The Morgan fingerprint density at radius 1 is 1.26 bits per heavy atom. The van der Waals surface area contributed by atoms with E-state index in [-0.39, 0.29) is 17.5 Å². The van der Waals surface area contributed by atoms with E-state index in [0.717, 1.165) is 25.7 Å². The Morgan fingerprint density at radius 2 is 1.91 bits per heavy atom. The third-order valence-electron chi connectivity index (χ3n) is 4.00. The van der Waals surface area contributed by atoms with Gasteiger partial charge >= 0.3 is 5.97 Å². The highest BCUT2D eigenvalue weighted by Gasteiger charge is 2.23. The number of rotatable bonds is 4. The molecule has 1 aliphatic carbocycles. The number of nitrogens with one attached hydrogen (secondary N) is 1. The molecule has 1 aliphatic rings. The van der Waals surface area contributed by atoms with E-state index in [0.29, 0.717) is 4.47 Å². The fraction of sp³-hybridized carbons (Fsp3) is 0.529. The molecule has 1 fully saturated rings. The molecule has 126 valence electrons. The molecule has 1 saturated carbocycles. The molecular formula is C17H21BrFNO3. The maximum absolute atomic E-state index is 13.7. The summed E-state index contributed by atoms with van der Waals surface area (Å²) < 4.78 is 19.3. The van der Waals surface area contributed by atoms with Crippen LogP contribution in [0.4, 0.5) is 4.39 Å². The zero-order valence-electron chi connectivity index (χ0n) is 13.1. The lowest BCUT2D eigenvalue weighted by Gasteiger charge is -2.19. The molecule has 4 nitrogen and oxygen atoms in total. The van der Waals surface area contributed by atoms with Gasteiger partial charge < -0.3 is 10.1 Å². The number of hydrogen-bond acceptors (Lipinski definition) is 3. The highest BCUT2D eigenvalue weighted by Crippen LogP contribution is 2.19. The lowest BCUT2D eigenvalue weighted by atomic mass is 10.1. The third kappa shape index (κ3) is 5.30. The number of carbonyl (C=O) groups is 2. The van der Waals surface area contributed by atoms with Crippen LogP contribution in [-0.4, -0.2) is 24.0 Å². The summed E-state index contributed by atoms with van der Waals surface area (Å²) in [5.41, 5.74) is -0.187. The Bertz CT molecular complexity index is 571. The Kier molecular flexibility index (Phi) is 6.57. The van der Waals surface area contributed by atoms with E-state index < -0.39 is 17.9 Å². The Balaban J connectivity index is 1.92. The van der Waals surface area contributed by atoms with Crippen molar-refractivity contribution in [2.45, 2.75) is 57.6 Å². The van der Waals surface area contributed by atoms with Gasteiger partial charge in [0.25, 0.3) is 5.91 Å². The summed E-state index contributed by atoms with van der Waals surface area (Å²) in [5.74, 6) is -1.84. The van der Waals surface area contributed by atoms with Gasteiger partial charge in [-0.2, -0.15) is 0 Å². The number of amides is 1. The number of carbonyl (C=O) groups excluding carboxylic acids is 2. The van der Waals surface area contributed by atoms with Gasteiger partial charge in [-0.3, -0.25) is 4.79 Å². The minimum Gasteiger partial charge on any atom is -0.449 e. The van der Waals surface area contributed by atoms with Crippen LogP contribution in [0.25, 0.3) is 0 Å². The average Bonchev–Trinajstić information content (AvgIpc) is 2.78. The van der Waals surface area contributed by atoms with Gasteiger partial charge in [-0.15, -0.1) is 0 Å². The van der Waals surface area contributed by atoms with Gasteiger partial charge in [-0.05, 0) is 38.0 Å². The topological polar surface area (TPSA) is 55.4 Å². The molecule has 2 rings (SSSR count). The number of halogens is 2. The van der Waals surface area contributed by atoms with E-state index in [4.69, 9.17) is 4.74 Å². The number of benzene rings is 1. The molecule has 0 aliphatic heterocycles. The molecule has 0 unspecified atom stereocenters. The maximum atomic E-state index is 13.7. The van der Waals surface area contributed by atoms with Gasteiger partial charge in [-0.25, -0.2) is 9.18 Å². The zero-order chi connectivity index (χ0) is 16.8. The lowest BCUT2D eigenvalue weighted by molar-refractivity contribution is -0.129. The van der Waals surface area contributed by atoms with Crippen molar-refractivity contribution in [3.8, 4) is 0 Å². The largest absolute Gasteiger partial charge is 0.449 e. The molecule has 6 heteroatoms. The van der Waals surface area contributed by atoms with E-state index in [1.54, 1.807) is 0 Å². The van der Waals surface area contributed by atoms with Gasteiger partial charge in [0.15, 0.2) is 6.10 Å². The molecule has 1 aromatic carbocycles. The first-order valence-electron chi connectivity index (χ1n) is 7.94. The second kappa shape index (κ2) is 8.43. The van der Waals surface area contributed by atoms with E-state index in [9.17, 15) is 14.0 Å². The van der Waals surface area contributed by atoms with E-state index in [1.807, 2.05) is 0 Å². The molecule has 23 heavy (non-hydrogen) atoms. The second-order valence-electron chi connectivity index (χ2n) is 5.87. The summed E-state index contributed by atoms with van der Waals surface area (Å²) in [4.78, 5) is 24.2. The second-order valence-corrected chi connectivity index (χ2v) is 6.78. The highest BCUT2D eigenvalue weighted by molar-refractivity contribution is 9.10. The standard InChI is InChI=1S/C17H21BrFNO3/c1-11(16(21)20-13-6-4-2-3-5-7-13)23-17(22)14-10-12(18)8-9-15(14)19/h8-11,13H,2-7H2,1H3,(H,20,21)/t11-/m0/s1. The van der Waals surface area contributed by atoms with Crippen LogP contribution in [0.1, 0.15) is 55.8 Å². The van der Waals surface area contributed by atoms with Crippen LogP contribution in [0.15, 0.2) is 22.7 Å². The summed E-state index contributed by atoms with van der Waals surface area (Å²) in [6, 6.07) is 4.15. The molecule has 0 spiro atoms. The molecule has 0 bridgehead atoms. The van der Waals surface area contributed by atoms with E-state index in [2.05, 4.69) is 21.2 Å². The summed E-state index contributed by atoms with van der Waals surface area (Å²) in [6.07, 6.45) is 5.53. The van der Waals surface area contributed by atoms with Crippen LogP contribution in [0.5, 0.6) is 0 Å². The number of esters is 1. The van der Waals surface area contributed by atoms with Crippen molar-refractivity contribution >= 4 is 27.8 Å². The molecule has 0 radical (unpaired) electrons. The minimum atomic E-state index is -0.955. The number of ether oxygens (including phenoxy) is 1. The van der Waals surface area contributed by atoms with Crippen LogP contribution >= 0.6 is 15.9 Å². The fourth-order valence-electron chi connectivity index (χ4n) is 2.67. The van der Waals surface area contributed by atoms with Gasteiger partial charge in [0.2, 0.25) is 0 Å². The maximum Gasteiger partial charge on any atom is 0.341 e. The third-order valence-corrected chi connectivity index (χ3v) is 4.50. The summed E-state index contributed by atoms with van der Waals surface area (Å²) in [6.45, 7) is 1.50. The van der Waals surface area contributed by atoms with Crippen LogP contribution in [0.3, 0.4) is 0 Å². The van der Waals surface area contributed by atoms with Crippen molar-refractivity contribution in [1.82, 2.24) is 5.32 Å². The highest BCUT2D eigenvalue weighted by atomic mass is 79.9.